The number of hydrogen-bond donors (Lipinski definition) is 0. The van der Waals surface area contributed by atoms with E-state index in [0.29, 0.717) is 0 Å². The smallest absolute Gasteiger partial charge is 0.244 e. The molecular formula is C12H18F8. The van der Waals surface area contributed by atoms with Gasteiger partial charge in [0.15, 0.2) is 0 Å². The molecule has 0 saturated carbocycles. The quantitative estimate of drug-likeness (QED) is 0.515. The van der Waals surface area contributed by atoms with E-state index in [-0.39, 0.29) is 6.92 Å². The molecular weight excluding hydrogens is 296 g/mol. The Morgan fingerprint density at radius 2 is 1.20 bits per heavy atom. The van der Waals surface area contributed by atoms with Crippen LogP contribution >= 0.6 is 0 Å². The molecule has 0 bridgehead atoms. The lowest BCUT2D eigenvalue weighted by molar-refractivity contribution is -0.224. The summed E-state index contributed by atoms with van der Waals surface area (Å²) in [6, 6.07) is 0. The monoisotopic (exact) mass is 314 g/mol. The molecule has 0 aromatic carbocycles. The Kier molecular flexibility index (Phi) is 5.88. The molecule has 0 fully saturated rings. The third-order valence-electron chi connectivity index (χ3n) is 3.37. The first-order valence-corrected chi connectivity index (χ1v) is 6.21. The molecule has 0 radical (unpaired) electrons. The van der Waals surface area contributed by atoms with E-state index in [0.717, 1.165) is 13.8 Å². The van der Waals surface area contributed by atoms with Gasteiger partial charge in [0.25, 0.3) is 5.92 Å². The maximum absolute atomic E-state index is 14.0. The van der Waals surface area contributed by atoms with Crippen molar-refractivity contribution in [2.45, 2.75) is 76.1 Å². The lowest BCUT2D eigenvalue weighted by Crippen LogP contribution is -2.52. The second kappa shape index (κ2) is 6.05. The van der Waals surface area contributed by atoms with Crippen molar-refractivity contribution in [3.05, 3.63) is 0 Å². The summed E-state index contributed by atoms with van der Waals surface area (Å²) in [6.45, 7) is 1.96. The van der Waals surface area contributed by atoms with Gasteiger partial charge in [0.1, 0.15) is 6.17 Å². The Balaban J connectivity index is 5.08. The third kappa shape index (κ3) is 3.75. The van der Waals surface area contributed by atoms with Crippen LogP contribution in [0.4, 0.5) is 35.1 Å². The fourth-order valence-electron chi connectivity index (χ4n) is 1.77. The van der Waals surface area contributed by atoms with E-state index in [1.165, 1.54) is 0 Å². The lowest BCUT2D eigenvalue weighted by atomic mass is 9.84. The van der Waals surface area contributed by atoms with Crippen molar-refractivity contribution in [2.75, 3.05) is 0 Å². The first-order chi connectivity index (χ1) is 8.75. The fraction of sp³-hybridized carbons (Fsp3) is 1.00. The van der Waals surface area contributed by atoms with Crippen molar-refractivity contribution in [1.82, 2.24) is 0 Å². The van der Waals surface area contributed by atoms with Crippen molar-refractivity contribution < 1.29 is 35.1 Å². The molecule has 0 saturated heterocycles. The van der Waals surface area contributed by atoms with Crippen LogP contribution in [0, 0.1) is 0 Å². The van der Waals surface area contributed by atoms with Gasteiger partial charge >= 0.3 is 11.8 Å². The van der Waals surface area contributed by atoms with E-state index in [9.17, 15) is 35.1 Å². The minimum absolute atomic E-state index is 0.113. The topological polar surface area (TPSA) is 0 Å². The molecule has 20 heavy (non-hydrogen) atoms. The predicted molar refractivity (Wildman–Crippen MR) is 59.1 cm³/mol. The molecule has 0 aliphatic carbocycles. The average molecular weight is 314 g/mol. The van der Waals surface area contributed by atoms with Crippen LogP contribution in [0.25, 0.3) is 0 Å². The van der Waals surface area contributed by atoms with Gasteiger partial charge in [-0.15, -0.1) is 0 Å². The van der Waals surface area contributed by atoms with Gasteiger partial charge in [-0.1, -0.05) is 13.8 Å². The number of hydrogen-bond acceptors (Lipinski definition) is 0. The average Bonchev–Trinajstić information content (AvgIpc) is 2.32. The molecule has 0 nitrogen and oxygen atoms in total. The summed E-state index contributed by atoms with van der Waals surface area (Å²) >= 11 is 0. The maximum atomic E-state index is 14.0. The number of alkyl halides is 8. The SMILES string of the molecule is CCC(F)C(F)(CC)C(F)(F)CCC(F)(F)C(C)(F)F. The van der Waals surface area contributed by atoms with Gasteiger partial charge in [-0.3, -0.25) is 0 Å². The molecule has 0 aliphatic rings. The van der Waals surface area contributed by atoms with E-state index in [2.05, 4.69) is 0 Å². The molecule has 0 aliphatic heterocycles. The van der Waals surface area contributed by atoms with Crippen LogP contribution in [0.1, 0.15) is 46.5 Å². The lowest BCUT2D eigenvalue weighted by Gasteiger charge is -2.36. The van der Waals surface area contributed by atoms with E-state index in [1.54, 1.807) is 0 Å². The van der Waals surface area contributed by atoms with E-state index in [1.807, 2.05) is 0 Å². The van der Waals surface area contributed by atoms with Crippen LogP contribution in [-0.4, -0.2) is 29.6 Å². The molecule has 0 aromatic heterocycles. The second-order valence-corrected chi connectivity index (χ2v) is 4.89. The van der Waals surface area contributed by atoms with Crippen LogP contribution in [0.15, 0.2) is 0 Å². The minimum atomic E-state index is -4.71. The van der Waals surface area contributed by atoms with Crippen molar-refractivity contribution in [1.29, 1.82) is 0 Å². The zero-order valence-electron chi connectivity index (χ0n) is 11.4. The van der Waals surface area contributed by atoms with E-state index in [4.69, 9.17) is 0 Å². The molecule has 0 N–H and O–H groups in total. The Bertz CT molecular complexity index is 309. The van der Waals surface area contributed by atoms with Gasteiger partial charge in [0, 0.05) is 19.8 Å². The summed E-state index contributed by atoms with van der Waals surface area (Å²) in [5.41, 5.74) is -3.64. The standard InChI is InChI=1S/C12H18F8/c1-4-8(13)10(16,5-2)12(19,20)7-6-11(17,18)9(3,14)15/h8H,4-7H2,1-3H3. The number of rotatable bonds is 8. The van der Waals surface area contributed by atoms with Crippen molar-refractivity contribution in [3.63, 3.8) is 0 Å². The van der Waals surface area contributed by atoms with E-state index >= 15 is 0 Å². The molecule has 8 heteroatoms. The minimum Gasteiger partial charge on any atom is -0.244 e. The molecule has 2 unspecified atom stereocenters. The van der Waals surface area contributed by atoms with Crippen LogP contribution < -0.4 is 0 Å². The van der Waals surface area contributed by atoms with Crippen LogP contribution in [0.5, 0.6) is 0 Å². The van der Waals surface area contributed by atoms with E-state index < -0.39 is 55.3 Å². The highest BCUT2D eigenvalue weighted by Crippen LogP contribution is 2.47. The Labute approximate surface area is 112 Å². The summed E-state index contributed by atoms with van der Waals surface area (Å²) in [6.07, 6.45) is -7.85. The third-order valence-corrected chi connectivity index (χ3v) is 3.37. The van der Waals surface area contributed by atoms with Gasteiger partial charge < -0.3 is 0 Å². The molecule has 0 amide bonds. The first-order valence-electron chi connectivity index (χ1n) is 6.21. The van der Waals surface area contributed by atoms with Crippen LogP contribution in [0.3, 0.4) is 0 Å². The highest BCUT2D eigenvalue weighted by molar-refractivity contribution is 4.99. The zero-order valence-corrected chi connectivity index (χ0v) is 11.4. The fourth-order valence-corrected chi connectivity index (χ4v) is 1.77. The molecule has 2 atom stereocenters. The summed E-state index contributed by atoms with van der Waals surface area (Å²) in [7, 11) is 0. The molecule has 0 aromatic rings. The predicted octanol–water partition coefficient (Wildman–Crippen LogP) is 5.56. The molecule has 122 valence electrons. The largest absolute Gasteiger partial charge is 0.310 e. The number of halogens is 8. The molecule has 0 heterocycles. The Morgan fingerprint density at radius 3 is 1.50 bits per heavy atom. The normalized spacial score (nSPS) is 18.8. The van der Waals surface area contributed by atoms with Gasteiger partial charge in [-0.05, 0) is 12.8 Å². The van der Waals surface area contributed by atoms with Gasteiger partial charge in [0.2, 0.25) is 5.67 Å². The van der Waals surface area contributed by atoms with Gasteiger partial charge in [-0.25, -0.2) is 26.3 Å². The Morgan fingerprint density at radius 1 is 0.800 bits per heavy atom. The van der Waals surface area contributed by atoms with Gasteiger partial charge in [-0.2, -0.15) is 8.78 Å². The summed E-state index contributed by atoms with van der Waals surface area (Å²) in [5.74, 6) is -13.7. The summed E-state index contributed by atoms with van der Waals surface area (Å²) < 4.78 is 106. The highest BCUT2D eigenvalue weighted by Gasteiger charge is 2.60. The van der Waals surface area contributed by atoms with Crippen molar-refractivity contribution in [2.24, 2.45) is 0 Å². The Hall–Kier alpha value is -0.560. The van der Waals surface area contributed by atoms with Gasteiger partial charge in [0.05, 0.1) is 0 Å². The second-order valence-electron chi connectivity index (χ2n) is 4.89. The maximum Gasteiger partial charge on any atom is 0.310 e. The van der Waals surface area contributed by atoms with Crippen molar-refractivity contribution in [3.8, 4) is 0 Å². The highest BCUT2D eigenvalue weighted by atomic mass is 19.3. The van der Waals surface area contributed by atoms with Crippen LogP contribution in [0.2, 0.25) is 0 Å². The van der Waals surface area contributed by atoms with Crippen molar-refractivity contribution >= 4 is 0 Å². The summed E-state index contributed by atoms with van der Waals surface area (Å²) in [4.78, 5) is 0. The zero-order chi connectivity index (χ0) is 16.4. The van der Waals surface area contributed by atoms with Crippen LogP contribution in [-0.2, 0) is 0 Å². The summed E-state index contributed by atoms with van der Waals surface area (Å²) in [5, 5.41) is 0. The first kappa shape index (κ1) is 19.4. The molecule has 0 spiro atoms. The molecule has 0 rings (SSSR count).